The summed E-state index contributed by atoms with van der Waals surface area (Å²) in [4.78, 5) is 37.2. The molecule has 2 aliphatic rings. The molecule has 1 fully saturated rings. The van der Waals surface area contributed by atoms with Crippen molar-refractivity contribution in [2.45, 2.75) is 38.1 Å². The van der Waals surface area contributed by atoms with Crippen LogP contribution in [0.25, 0.3) is 11.1 Å². The van der Waals surface area contributed by atoms with E-state index in [1.807, 2.05) is 6.07 Å². The smallest absolute Gasteiger partial charge is 0.320 e. The van der Waals surface area contributed by atoms with E-state index in [4.69, 9.17) is 9.40 Å². The van der Waals surface area contributed by atoms with Gasteiger partial charge in [-0.05, 0) is 55.0 Å². The number of carboxylic acid groups (broad SMARTS) is 1. The molecule has 1 saturated heterocycles. The van der Waals surface area contributed by atoms with Crippen molar-refractivity contribution in [1.82, 2.24) is 19.8 Å². The third-order valence-corrected chi connectivity index (χ3v) is 6.40. The molecule has 3 aromatic heterocycles. The van der Waals surface area contributed by atoms with Gasteiger partial charge in [0.2, 0.25) is 5.71 Å². The average Bonchev–Trinajstić information content (AvgIpc) is 3.43. The summed E-state index contributed by atoms with van der Waals surface area (Å²) in [6.45, 7) is 2.64. The molecule has 5 rings (SSSR count). The van der Waals surface area contributed by atoms with Gasteiger partial charge < -0.3 is 24.6 Å². The summed E-state index contributed by atoms with van der Waals surface area (Å²) in [5, 5.41) is 13.6. The molecule has 0 aromatic carbocycles. The molecule has 2 aliphatic heterocycles. The molecule has 2 N–H and O–H groups in total. The molecule has 9 nitrogen and oxygen atoms in total. The summed E-state index contributed by atoms with van der Waals surface area (Å²) in [5.74, 6) is 0.0347. The Morgan fingerprint density at radius 3 is 3.06 bits per heavy atom. The zero-order valence-corrected chi connectivity index (χ0v) is 18.4. The fraction of sp³-hybridized carbons (Fsp3) is 0.417. The van der Waals surface area contributed by atoms with E-state index in [0.717, 1.165) is 49.1 Å². The van der Waals surface area contributed by atoms with E-state index in [9.17, 15) is 14.7 Å². The van der Waals surface area contributed by atoms with E-state index >= 15 is 0 Å². The highest BCUT2D eigenvalue weighted by Gasteiger charge is 2.35. The maximum atomic E-state index is 13.1. The van der Waals surface area contributed by atoms with Crippen molar-refractivity contribution in [3.63, 3.8) is 0 Å². The fourth-order valence-corrected chi connectivity index (χ4v) is 4.69. The molecule has 0 aliphatic carbocycles. The van der Waals surface area contributed by atoms with Crippen LogP contribution in [0.1, 0.15) is 42.1 Å². The van der Waals surface area contributed by atoms with Crippen molar-refractivity contribution in [1.29, 1.82) is 0 Å². The molecular weight excluding hydrogens is 422 g/mol. The van der Waals surface area contributed by atoms with Crippen LogP contribution in [0.3, 0.4) is 0 Å². The molecule has 0 bridgehead atoms. The van der Waals surface area contributed by atoms with Crippen LogP contribution < -0.4 is 5.32 Å². The van der Waals surface area contributed by atoms with E-state index < -0.39 is 12.0 Å². The minimum atomic E-state index is -0.953. The molecule has 1 unspecified atom stereocenters. The van der Waals surface area contributed by atoms with Crippen LogP contribution in [0.4, 0.5) is 10.6 Å². The minimum Gasteiger partial charge on any atom is -0.481 e. The Labute approximate surface area is 191 Å². The van der Waals surface area contributed by atoms with Gasteiger partial charge in [-0.25, -0.2) is 14.8 Å². The van der Waals surface area contributed by atoms with E-state index in [0.29, 0.717) is 30.9 Å². The fourth-order valence-electron chi connectivity index (χ4n) is 4.69. The molecule has 1 atom stereocenters. The number of aliphatic carboxylic acids is 1. The van der Waals surface area contributed by atoms with Crippen LogP contribution in [0.2, 0.25) is 0 Å². The van der Waals surface area contributed by atoms with Crippen molar-refractivity contribution in [2.24, 2.45) is 0 Å². The minimum absolute atomic E-state index is 0.131. The highest BCUT2D eigenvalue weighted by atomic mass is 16.4. The molecule has 5 heterocycles. The lowest BCUT2D eigenvalue weighted by Gasteiger charge is -2.27. The van der Waals surface area contributed by atoms with Gasteiger partial charge in [0, 0.05) is 43.5 Å². The molecule has 0 saturated carbocycles. The van der Waals surface area contributed by atoms with Gasteiger partial charge in [-0.15, -0.1) is 0 Å². The largest absolute Gasteiger partial charge is 0.481 e. The SMILES string of the molecule is O=C(O)CC(c1cnc2occc2c1)N1CCN(CCCc2ccc3c(n2)NCCC3)C1=O. The number of rotatable bonds is 8. The van der Waals surface area contributed by atoms with Crippen molar-refractivity contribution >= 4 is 28.9 Å². The second kappa shape index (κ2) is 9.09. The van der Waals surface area contributed by atoms with E-state index in [1.54, 1.807) is 28.3 Å². The van der Waals surface area contributed by atoms with Crippen molar-refractivity contribution < 1.29 is 19.1 Å². The zero-order valence-electron chi connectivity index (χ0n) is 18.4. The Hall–Kier alpha value is -3.62. The standard InChI is InChI=1S/C24H27N5O4/c30-21(31)14-20(18-13-17-7-12-33-23(17)26-15-18)29-11-10-28(24(29)32)9-2-4-19-6-5-16-3-1-8-25-22(16)27-19/h5-7,12-13,15,20H,1-4,8-11,14H2,(H,25,27)(H,30,31). The number of aryl methyl sites for hydroxylation is 2. The van der Waals surface area contributed by atoms with Gasteiger partial charge in [0.05, 0.1) is 18.7 Å². The number of hydrogen-bond acceptors (Lipinski definition) is 6. The van der Waals surface area contributed by atoms with Crippen LogP contribution in [0.15, 0.2) is 41.1 Å². The number of nitrogens with one attached hydrogen (secondary N) is 1. The van der Waals surface area contributed by atoms with Crippen LogP contribution in [0, 0.1) is 0 Å². The van der Waals surface area contributed by atoms with Crippen molar-refractivity contribution in [3.05, 3.63) is 53.5 Å². The second-order valence-electron chi connectivity index (χ2n) is 8.60. The molecular formula is C24H27N5O4. The number of pyridine rings is 2. The molecule has 9 heteroatoms. The van der Waals surface area contributed by atoms with Crippen molar-refractivity contribution in [2.75, 3.05) is 31.5 Å². The number of fused-ring (bicyclic) bond motifs is 2. The third kappa shape index (κ3) is 4.48. The van der Waals surface area contributed by atoms with Gasteiger partial charge in [-0.2, -0.15) is 0 Å². The van der Waals surface area contributed by atoms with Gasteiger partial charge in [-0.3, -0.25) is 4.79 Å². The molecule has 172 valence electrons. The number of urea groups is 1. The van der Waals surface area contributed by atoms with Gasteiger partial charge in [0.15, 0.2) is 0 Å². The quantitative estimate of drug-likeness (QED) is 0.542. The lowest BCUT2D eigenvalue weighted by molar-refractivity contribution is -0.138. The van der Waals surface area contributed by atoms with Crippen LogP contribution in [-0.4, -0.2) is 63.1 Å². The summed E-state index contributed by atoms with van der Waals surface area (Å²) >= 11 is 0. The highest BCUT2D eigenvalue weighted by Crippen LogP contribution is 2.30. The molecule has 3 aromatic rings. The molecule has 0 radical (unpaired) electrons. The van der Waals surface area contributed by atoms with Crippen LogP contribution in [0.5, 0.6) is 0 Å². The molecule has 2 amide bonds. The van der Waals surface area contributed by atoms with Crippen LogP contribution in [-0.2, 0) is 17.6 Å². The van der Waals surface area contributed by atoms with Crippen molar-refractivity contribution in [3.8, 4) is 0 Å². The topological polar surface area (TPSA) is 112 Å². The number of furan rings is 1. The number of anilines is 1. The number of carbonyl (C=O) groups excluding carboxylic acids is 1. The van der Waals surface area contributed by atoms with Gasteiger partial charge in [-0.1, -0.05) is 6.07 Å². The maximum absolute atomic E-state index is 13.1. The molecule has 33 heavy (non-hydrogen) atoms. The predicted octanol–water partition coefficient (Wildman–Crippen LogP) is 3.47. The number of carboxylic acids is 1. The Bertz CT molecular complexity index is 1180. The zero-order chi connectivity index (χ0) is 22.8. The Morgan fingerprint density at radius 2 is 2.18 bits per heavy atom. The summed E-state index contributed by atoms with van der Waals surface area (Å²) in [7, 11) is 0. The van der Waals surface area contributed by atoms with Gasteiger partial charge >= 0.3 is 12.0 Å². The highest BCUT2D eigenvalue weighted by molar-refractivity contribution is 5.79. The van der Waals surface area contributed by atoms with Gasteiger partial charge in [0.25, 0.3) is 0 Å². The normalized spacial score (nSPS) is 16.7. The van der Waals surface area contributed by atoms with Gasteiger partial charge in [0.1, 0.15) is 5.82 Å². The van der Waals surface area contributed by atoms with E-state index in [2.05, 4.69) is 22.4 Å². The first kappa shape index (κ1) is 21.2. The number of amides is 2. The Kier molecular flexibility index (Phi) is 5.85. The first-order valence-electron chi connectivity index (χ1n) is 11.4. The summed E-state index contributed by atoms with van der Waals surface area (Å²) < 4.78 is 5.28. The first-order chi connectivity index (χ1) is 16.1. The summed E-state index contributed by atoms with van der Waals surface area (Å²) in [5.41, 5.74) is 3.48. The average molecular weight is 450 g/mol. The Morgan fingerprint density at radius 1 is 1.27 bits per heavy atom. The third-order valence-electron chi connectivity index (χ3n) is 6.40. The summed E-state index contributed by atoms with van der Waals surface area (Å²) in [6, 6.07) is 7.16. The number of aromatic nitrogens is 2. The van der Waals surface area contributed by atoms with E-state index in [1.165, 1.54) is 5.56 Å². The lowest BCUT2D eigenvalue weighted by atomic mass is 10.0. The maximum Gasteiger partial charge on any atom is 0.320 e. The monoisotopic (exact) mass is 449 g/mol. The number of hydrogen-bond donors (Lipinski definition) is 2. The number of nitrogens with zero attached hydrogens (tertiary/aromatic N) is 4. The second-order valence-corrected chi connectivity index (χ2v) is 8.60. The lowest BCUT2D eigenvalue weighted by Crippen LogP contribution is -2.36. The summed E-state index contributed by atoms with van der Waals surface area (Å²) in [6.07, 6.45) is 6.77. The van der Waals surface area contributed by atoms with E-state index in [-0.39, 0.29) is 12.5 Å². The molecule has 0 spiro atoms. The van der Waals surface area contributed by atoms with Crippen LogP contribution >= 0.6 is 0 Å². The Balaban J connectivity index is 1.23. The predicted molar refractivity (Wildman–Crippen MR) is 122 cm³/mol. The first-order valence-corrected chi connectivity index (χ1v) is 11.4. The number of carbonyl (C=O) groups is 2.